The average Bonchev–Trinajstić information content (AvgIpc) is 3.01. The molecule has 5 nitrogen and oxygen atoms in total. The van der Waals surface area contributed by atoms with Crippen molar-refractivity contribution in [2.45, 2.75) is 20.0 Å². The van der Waals surface area contributed by atoms with Crippen LogP contribution in [0.1, 0.15) is 23.0 Å². The van der Waals surface area contributed by atoms with Crippen molar-refractivity contribution in [3.05, 3.63) is 40.9 Å². The number of amides is 1. The highest BCUT2D eigenvalue weighted by Gasteiger charge is 2.22. The molecule has 1 fully saturated rings. The molecule has 1 atom stereocenters. The lowest BCUT2D eigenvalue weighted by molar-refractivity contribution is 0.0554. The summed E-state index contributed by atoms with van der Waals surface area (Å²) in [6.45, 7) is 7.49. The normalized spacial score (nSPS) is 17.0. The Bertz CT molecular complexity index is 689. The first-order chi connectivity index (χ1) is 11.5. The Hall–Kier alpha value is -1.76. The summed E-state index contributed by atoms with van der Waals surface area (Å²) in [4.78, 5) is 21.2. The first kappa shape index (κ1) is 17.1. The number of hydrogen-bond donors (Lipinski definition) is 1. The molecule has 1 aliphatic heterocycles. The Morgan fingerprint density at radius 3 is 2.46 bits per heavy atom. The zero-order chi connectivity index (χ0) is 17.1. The minimum Gasteiger partial charge on any atom is -0.392 e. The van der Waals surface area contributed by atoms with Crippen molar-refractivity contribution in [1.29, 1.82) is 0 Å². The van der Waals surface area contributed by atoms with E-state index in [2.05, 4.69) is 9.88 Å². The second-order valence-electron chi connectivity index (χ2n) is 6.31. The van der Waals surface area contributed by atoms with E-state index in [1.54, 1.807) is 18.3 Å². The predicted octanol–water partition coefficient (Wildman–Crippen LogP) is 2.26. The van der Waals surface area contributed by atoms with Crippen LogP contribution in [-0.4, -0.2) is 64.6 Å². The van der Waals surface area contributed by atoms with Crippen LogP contribution in [0.4, 0.5) is 0 Å². The van der Waals surface area contributed by atoms with Crippen molar-refractivity contribution >= 4 is 17.2 Å². The van der Waals surface area contributed by atoms with Crippen LogP contribution in [0.5, 0.6) is 0 Å². The fourth-order valence-electron chi connectivity index (χ4n) is 2.93. The minimum atomic E-state index is -0.325. The number of aliphatic hydroxyl groups is 1. The monoisotopic (exact) mass is 345 g/mol. The number of β-amino-alcohol motifs (C(OH)–C–C–N with tert-alkyl or cyclic N) is 1. The average molecular weight is 345 g/mol. The van der Waals surface area contributed by atoms with Crippen LogP contribution in [0.3, 0.4) is 0 Å². The number of hydrogen-bond acceptors (Lipinski definition) is 5. The summed E-state index contributed by atoms with van der Waals surface area (Å²) in [5.74, 6) is 0.0774. The largest absolute Gasteiger partial charge is 0.392 e. The van der Waals surface area contributed by atoms with Gasteiger partial charge in [0.25, 0.3) is 5.91 Å². The summed E-state index contributed by atoms with van der Waals surface area (Å²) in [6, 6.07) is 7.71. The molecule has 2 heterocycles. The molecule has 1 aromatic carbocycles. The summed E-state index contributed by atoms with van der Waals surface area (Å²) >= 11 is 1.62. The van der Waals surface area contributed by atoms with E-state index in [0.717, 1.165) is 34.9 Å². The maximum absolute atomic E-state index is 12.6. The first-order valence-electron chi connectivity index (χ1n) is 8.25. The van der Waals surface area contributed by atoms with E-state index < -0.39 is 0 Å². The molecule has 1 saturated heterocycles. The van der Waals surface area contributed by atoms with Crippen LogP contribution in [0.2, 0.25) is 0 Å². The second-order valence-corrected chi connectivity index (χ2v) is 7.17. The van der Waals surface area contributed by atoms with Gasteiger partial charge in [0.2, 0.25) is 0 Å². The van der Waals surface area contributed by atoms with Crippen LogP contribution in [-0.2, 0) is 0 Å². The van der Waals surface area contributed by atoms with E-state index in [1.807, 2.05) is 41.5 Å². The van der Waals surface area contributed by atoms with Crippen LogP contribution in [0.15, 0.2) is 29.6 Å². The molecule has 0 radical (unpaired) electrons. The summed E-state index contributed by atoms with van der Waals surface area (Å²) in [6.07, 6.45) is -0.325. The number of nitrogens with zero attached hydrogens (tertiary/aromatic N) is 3. The third-order valence-electron chi connectivity index (χ3n) is 4.18. The van der Waals surface area contributed by atoms with Gasteiger partial charge in [0, 0.05) is 54.9 Å². The van der Waals surface area contributed by atoms with Crippen LogP contribution in [0, 0.1) is 6.92 Å². The predicted molar refractivity (Wildman–Crippen MR) is 96.3 cm³/mol. The van der Waals surface area contributed by atoms with Gasteiger partial charge in [-0.25, -0.2) is 4.98 Å². The SMILES string of the molecule is Cc1csc(-c2ccc(C(=O)N3CCN(C[C@@H](C)O)CC3)cc2)n1. The lowest BCUT2D eigenvalue weighted by Gasteiger charge is -2.35. The highest BCUT2D eigenvalue weighted by molar-refractivity contribution is 7.13. The molecule has 128 valence electrons. The molecule has 0 bridgehead atoms. The number of carbonyl (C=O) groups excluding carboxylic acids is 1. The number of carbonyl (C=O) groups is 1. The molecule has 0 spiro atoms. The smallest absolute Gasteiger partial charge is 0.253 e. The lowest BCUT2D eigenvalue weighted by atomic mass is 10.1. The van der Waals surface area contributed by atoms with Crippen LogP contribution in [0.25, 0.3) is 10.6 Å². The van der Waals surface area contributed by atoms with Gasteiger partial charge in [-0.3, -0.25) is 9.69 Å². The van der Waals surface area contributed by atoms with Crippen molar-refractivity contribution < 1.29 is 9.90 Å². The Kier molecular flexibility index (Phi) is 5.28. The summed E-state index contributed by atoms with van der Waals surface area (Å²) in [5, 5.41) is 12.5. The number of aliphatic hydroxyl groups excluding tert-OH is 1. The molecule has 0 unspecified atom stereocenters. The fourth-order valence-corrected chi connectivity index (χ4v) is 3.74. The van der Waals surface area contributed by atoms with Gasteiger partial charge in [0.15, 0.2) is 0 Å². The third kappa shape index (κ3) is 4.01. The van der Waals surface area contributed by atoms with Gasteiger partial charge in [0.05, 0.1) is 6.10 Å². The number of rotatable bonds is 4. The van der Waals surface area contributed by atoms with E-state index >= 15 is 0 Å². The van der Waals surface area contributed by atoms with Crippen molar-refractivity contribution in [2.75, 3.05) is 32.7 Å². The molecule has 1 N–H and O–H groups in total. The molecular formula is C18H23N3O2S. The number of piperazine rings is 1. The van der Waals surface area contributed by atoms with Crippen LogP contribution >= 0.6 is 11.3 Å². The number of thiazole rings is 1. The Morgan fingerprint density at radius 1 is 1.25 bits per heavy atom. The van der Waals surface area contributed by atoms with Crippen LogP contribution < -0.4 is 0 Å². The van der Waals surface area contributed by atoms with Crippen molar-refractivity contribution in [1.82, 2.24) is 14.8 Å². The maximum Gasteiger partial charge on any atom is 0.253 e. The van der Waals surface area contributed by atoms with E-state index in [-0.39, 0.29) is 12.0 Å². The quantitative estimate of drug-likeness (QED) is 0.923. The molecule has 6 heteroatoms. The molecular weight excluding hydrogens is 322 g/mol. The third-order valence-corrected chi connectivity index (χ3v) is 5.19. The minimum absolute atomic E-state index is 0.0774. The summed E-state index contributed by atoms with van der Waals surface area (Å²) in [5.41, 5.74) is 2.78. The van der Waals surface area contributed by atoms with Gasteiger partial charge in [-0.1, -0.05) is 12.1 Å². The molecule has 1 aliphatic rings. The van der Waals surface area contributed by atoms with E-state index in [0.29, 0.717) is 19.6 Å². The second kappa shape index (κ2) is 7.42. The molecule has 0 aliphatic carbocycles. The molecule has 3 rings (SSSR count). The van der Waals surface area contributed by atoms with Crippen molar-refractivity contribution in [3.8, 4) is 10.6 Å². The molecule has 2 aromatic rings. The Morgan fingerprint density at radius 2 is 1.92 bits per heavy atom. The summed E-state index contributed by atoms with van der Waals surface area (Å²) in [7, 11) is 0. The number of aryl methyl sites for hydroxylation is 1. The number of benzene rings is 1. The van der Waals surface area contributed by atoms with Gasteiger partial charge >= 0.3 is 0 Å². The fraction of sp³-hybridized carbons (Fsp3) is 0.444. The molecule has 0 saturated carbocycles. The lowest BCUT2D eigenvalue weighted by Crippen LogP contribution is -2.50. The van der Waals surface area contributed by atoms with Gasteiger partial charge in [-0.05, 0) is 26.0 Å². The van der Waals surface area contributed by atoms with E-state index in [1.165, 1.54) is 0 Å². The Labute approximate surface area is 146 Å². The zero-order valence-electron chi connectivity index (χ0n) is 14.1. The first-order valence-corrected chi connectivity index (χ1v) is 9.13. The van der Waals surface area contributed by atoms with Gasteiger partial charge in [-0.15, -0.1) is 11.3 Å². The molecule has 24 heavy (non-hydrogen) atoms. The topological polar surface area (TPSA) is 56.7 Å². The molecule has 1 aromatic heterocycles. The standard InChI is InChI=1S/C18H23N3O2S/c1-13-12-24-17(19-13)15-3-5-16(6-4-15)18(23)21-9-7-20(8-10-21)11-14(2)22/h3-6,12,14,22H,7-11H2,1-2H3/t14-/m1/s1. The van der Waals surface area contributed by atoms with Gasteiger partial charge in [-0.2, -0.15) is 0 Å². The summed E-state index contributed by atoms with van der Waals surface area (Å²) < 4.78 is 0. The van der Waals surface area contributed by atoms with Crippen molar-refractivity contribution in [3.63, 3.8) is 0 Å². The number of aromatic nitrogens is 1. The van der Waals surface area contributed by atoms with E-state index in [4.69, 9.17) is 0 Å². The van der Waals surface area contributed by atoms with Gasteiger partial charge < -0.3 is 10.0 Å². The van der Waals surface area contributed by atoms with Gasteiger partial charge in [0.1, 0.15) is 5.01 Å². The zero-order valence-corrected chi connectivity index (χ0v) is 14.9. The highest BCUT2D eigenvalue weighted by atomic mass is 32.1. The highest BCUT2D eigenvalue weighted by Crippen LogP contribution is 2.24. The maximum atomic E-state index is 12.6. The van der Waals surface area contributed by atoms with Crippen molar-refractivity contribution in [2.24, 2.45) is 0 Å². The Balaban J connectivity index is 1.61. The molecule has 1 amide bonds. The van der Waals surface area contributed by atoms with E-state index in [9.17, 15) is 9.90 Å².